The second-order valence-corrected chi connectivity index (χ2v) is 10.1. The smallest absolute Gasteiger partial charge is 0.356 e. The van der Waals surface area contributed by atoms with Crippen LogP contribution in [0, 0.1) is 0 Å². The summed E-state index contributed by atoms with van der Waals surface area (Å²) in [6.07, 6.45) is 3.19. The Morgan fingerprint density at radius 3 is 2.22 bits per heavy atom. The van der Waals surface area contributed by atoms with Crippen LogP contribution in [0.3, 0.4) is 0 Å². The first-order valence-electron chi connectivity index (χ1n) is 11.5. The first-order valence-corrected chi connectivity index (χ1v) is 13.4. The Morgan fingerprint density at radius 1 is 0.919 bits per heavy atom. The van der Waals surface area contributed by atoms with Gasteiger partial charge in [-0.2, -0.15) is 0 Å². The van der Waals surface area contributed by atoms with Gasteiger partial charge < -0.3 is 10.1 Å². The predicted octanol–water partition coefficient (Wildman–Crippen LogP) is 3.78. The number of amides is 2. The number of hydrogen-bond donors (Lipinski definition) is 2. The van der Waals surface area contributed by atoms with Crippen molar-refractivity contribution in [1.29, 1.82) is 0 Å². The van der Waals surface area contributed by atoms with E-state index in [9.17, 15) is 22.8 Å². The van der Waals surface area contributed by atoms with E-state index in [1.807, 2.05) is 11.6 Å². The minimum atomic E-state index is -4.14. The van der Waals surface area contributed by atoms with E-state index in [2.05, 4.69) is 10.3 Å². The number of benzene rings is 2. The van der Waals surface area contributed by atoms with Gasteiger partial charge in [-0.15, -0.1) is 0 Å². The number of nitrogens with zero attached hydrogens (tertiary/aromatic N) is 1. The van der Waals surface area contributed by atoms with Gasteiger partial charge in [-0.25, -0.2) is 22.9 Å². The van der Waals surface area contributed by atoms with E-state index in [0.717, 1.165) is 24.6 Å². The number of hydrogen-bond acceptors (Lipinski definition) is 7. The number of carbonyl (C=O) groups is 3. The van der Waals surface area contributed by atoms with E-state index >= 15 is 0 Å². The fourth-order valence-corrected chi connectivity index (χ4v) is 4.23. The Kier molecular flexibility index (Phi) is 9.76. The fraction of sp³-hybridized carbons (Fsp3) is 0.231. The summed E-state index contributed by atoms with van der Waals surface area (Å²) in [5, 5.41) is 3.33. The van der Waals surface area contributed by atoms with Gasteiger partial charge in [0.1, 0.15) is 5.69 Å². The predicted molar refractivity (Wildman–Crippen MR) is 138 cm³/mol. The number of rotatable bonds is 11. The number of esters is 1. The average molecular weight is 544 g/mol. The van der Waals surface area contributed by atoms with E-state index in [4.69, 9.17) is 16.3 Å². The van der Waals surface area contributed by atoms with Crippen LogP contribution in [0.15, 0.2) is 71.8 Å². The van der Waals surface area contributed by atoms with Crippen molar-refractivity contribution in [1.82, 2.24) is 15.0 Å². The maximum Gasteiger partial charge on any atom is 0.356 e. The summed E-state index contributed by atoms with van der Waals surface area (Å²) >= 11 is 5.82. The number of sulfonamides is 1. The maximum absolute atomic E-state index is 12.6. The lowest BCUT2D eigenvalue weighted by atomic mass is 10.1. The van der Waals surface area contributed by atoms with Crippen LogP contribution in [-0.4, -0.2) is 44.3 Å². The van der Waals surface area contributed by atoms with Gasteiger partial charge in [-0.05, 0) is 66.9 Å². The summed E-state index contributed by atoms with van der Waals surface area (Å²) in [4.78, 5) is 40.3. The quantitative estimate of drug-likeness (QED) is 0.278. The van der Waals surface area contributed by atoms with Crippen molar-refractivity contribution in [2.75, 3.05) is 13.2 Å². The topological polar surface area (TPSA) is 132 Å². The zero-order chi connectivity index (χ0) is 26.8. The Hall–Kier alpha value is -3.76. The lowest BCUT2D eigenvalue weighted by molar-refractivity contribution is 0.0492. The Morgan fingerprint density at radius 2 is 1.59 bits per heavy atom. The molecule has 0 spiro atoms. The molecule has 0 aliphatic heterocycles. The van der Waals surface area contributed by atoms with Crippen LogP contribution in [0.5, 0.6) is 0 Å². The molecule has 1 aromatic heterocycles. The van der Waals surface area contributed by atoms with Crippen molar-refractivity contribution >= 4 is 39.4 Å². The van der Waals surface area contributed by atoms with Crippen molar-refractivity contribution in [3.05, 3.63) is 94.3 Å². The lowest BCUT2D eigenvalue weighted by Crippen LogP contribution is -2.30. The highest BCUT2D eigenvalue weighted by Crippen LogP contribution is 2.13. The third-order valence-electron chi connectivity index (χ3n) is 5.23. The van der Waals surface area contributed by atoms with E-state index in [1.54, 1.807) is 36.4 Å². The van der Waals surface area contributed by atoms with Crippen molar-refractivity contribution in [3.8, 4) is 0 Å². The molecule has 3 rings (SSSR count). The maximum atomic E-state index is 12.6. The van der Waals surface area contributed by atoms with Crippen LogP contribution in [-0.2, 0) is 21.2 Å². The Balaban J connectivity index is 1.53. The highest BCUT2D eigenvalue weighted by molar-refractivity contribution is 7.90. The van der Waals surface area contributed by atoms with Crippen LogP contribution < -0.4 is 10.0 Å². The molecule has 1 heterocycles. The van der Waals surface area contributed by atoms with Gasteiger partial charge in [0.25, 0.3) is 21.8 Å². The molecule has 11 heteroatoms. The van der Waals surface area contributed by atoms with Crippen LogP contribution in [0.4, 0.5) is 0 Å². The molecule has 2 N–H and O–H groups in total. The molecule has 0 unspecified atom stereocenters. The molecular weight excluding hydrogens is 518 g/mol. The van der Waals surface area contributed by atoms with Crippen LogP contribution in [0.1, 0.15) is 56.5 Å². The van der Waals surface area contributed by atoms with Crippen molar-refractivity contribution in [3.63, 3.8) is 0 Å². The van der Waals surface area contributed by atoms with Gasteiger partial charge >= 0.3 is 5.97 Å². The summed E-state index contributed by atoms with van der Waals surface area (Å²) in [7, 11) is -4.14. The van der Waals surface area contributed by atoms with Gasteiger partial charge in [0, 0.05) is 23.3 Å². The summed E-state index contributed by atoms with van der Waals surface area (Å²) in [5.41, 5.74) is 1.28. The average Bonchev–Trinajstić information content (AvgIpc) is 2.89. The summed E-state index contributed by atoms with van der Waals surface area (Å²) in [6.45, 7) is 2.59. The molecule has 3 aromatic rings. The molecule has 0 atom stereocenters. The molecule has 0 radical (unpaired) electrons. The summed E-state index contributed by atoms with van der Waals surface area (Å²) < 4.78 is 32.3. The first-order chi connectivity index (χ1) is 17.7. The highest BCUT2D eigenvalue weighted by atomic mass is 35.5. The SMILES string of the molecule is CCCCOC(=O)c1ccc(C(=O)NS(=O)(=O)c2ccc(CCNC(=O)c3ccc(Cl)cc3)cc2)cn1. The fourth-order valence-electron chi connectivity index (χ4n) is 3.13. The second kappa shape index (κ2) is 13.0. The number of ether oxygens (including phenoxy) is 1. The van der Waals surface area contributed by atoms with Gasteiger partial charge in [-0.1, -0.05) is 37.1 Å². The molecule has 0 bridgehead atoms. The highest BCUT2D eigenvalue weighted by Gasteiger charge is 2.20. The lowest BCUT2D eigenvalue weighted by Gasteiger charge is -2.09. The third-order valence-corrected chi connectivity index (χ3v) is 6.83. The molecule has 0 aliphatic rings. The molecule has 0 saturated carbocycles. The third kappa shape index (κ3) is 8.12. The second-order valence-electron chi connectivity index (χ2n) is 8.01. The first kappa shape index (κ1) is 27.8. The molecule has 2 amide bonds. The van der Waals surface area contributed by atoms with Crippen molar-refractivity contribution < 1.29 is 27.5 Å². The minimum absolute atomic E-state index is 0.0236. The van der Waals surface area contributed by atoms with Crippen molar-refractivity contribution in [2.24, 2.45) is 0 Å². The summed E-state index contributed by atoms with van der Waals surface area (Å²) in [6, 6.07) is 15.1. The van der Waals surface area contributed by atoms with Crippen LogP contribution in [0.2, 0.25) is 5.02 Å². The number of halogens is 1. The Labute approximate surface area is 220 Å². The van der Waals surface area contributed by atoms with E-state index in [-0.39, 0.29) is 28.7 Å². The molecule has 0 saturated heterocycles. The normalized spacial score (nSPS) is 11.0. The zero-order valence-corrected chi connectivity index (χ0v) is 21.6. The number of nitrogens with one attached hydrogen (secondary N) is 2. The number of carbonyl (C=O) groups excluding carboxylic acids is 3. The number of unbranched alkanes of at least 4 members (excludes halogenated alkanes) is 1. The molecule has 9 nitrogen and oxygen atoms in total. The van der Waals surface area contributed by atoms with Gasteiger partial charge in [0.05, 0.1) is 17.1 Å². The van der Waals surface area contributed by atoms with Crippen LogP contribution in [0.25, 0.3) is 0 Å². The largest absolute Gasteiger partial charge is 0.461 e. The monoisotopic (exact) mass is 543 g/mol. The molecule has 194 valence electrons. The molecule has 0 aliphatic carbocycles. The van der Waals surface area contributed by atoms with Gasteiger partial charge in [0.15, 0.2) is 0 Å². The molecular formula is C26H26ClN3O6S. The van der Waals surface area contributed by atoms with Gasteiger partial charge in [0.2, 0.25) is 0 Å². The minimum Gasteiger partial charge on any atom is -0.461 e. The van der Waals surface area contributed by atoms with Gasteiger partial charge in [-0.3, -0.25) is 9.59 Å². The van der Waals surface area contributed by atoms with Crippen molar-refractivity contribution in [2.45, 2.75) is 31.1 Å². The molecule has 0 fully saturated rings. The Bertz CT molecular complexity index is 1340. The van der Waals surface area contributed by atoms with E-state index in [0.29, 0.717) is 23.6 Å². The standard InChI is InChI=1S/C26H26ClN3O6S/c1-2-3-16-36-26(33)23-13-8-20(17-29-23)25(32)30-37(34,35)22-11-4-18(5-12-22)14-15-28-24(31)19-6-9-21(27)10-7-19/h4-13,17H,2-3,14-16H2,1H3,(H,28,31)(H,30,32). The van der Waals surface area contributed by atoms with E-state index in [1.165, 1.54) is 24.3 Å². The number of pyridine rings is 1. The molecule has 37 heavy (non-hydrogen) atoms. The van der Waals surface area contributed by atoms with E-state index < -0.39 is 21.9 Å². The zero-order valence-electron chi connectivity index (χ0n) is 20.1. The summed E-state index contributed by atoms with van der Waals surface area (Å²) in [5.74, 6) is -1.74. The van der Waals surface area contributed by atoms with Crippen LogP contribution >= 0.6 is 11.6 Å². The number of aromatic nitrogens is 1. The molecule has 2 aromatic carbocycles.